The normalized spacial score (nSPS) is 13.0. The second kappa shape index (κ2) is 7.65. The number of hydrogen-bond donors (Lipinski definition) is 1. The highest BCUT2D eigenvalue weighted by molar-refractivity contribution is 7.86. The SMILES string of the molecule is COc1cc(S(=O)C(F)(F)CCF)c(OC)cc1CCN. The van der Waals surface area contributed by atoms with Gasteiger partial charge in [0.1, 0.15) is 22.3 Å². The Bertz CT molecular complexity index is 512. The van der Waals surface area contributed by atoms with Crippen molar-refractivity contribution in [1.82, 2.24) is 0 Å². The van der Waals surface area contributed by atoms with Crippen molar-refractivity contribution in [3.63, 3.8) is 0 Å². The van der Waals surface area contributed by atoms with E-state index in [0.29, 0.717) is 24.3 Å². The minimum absolute atomic E-state index is 0.0381. The summed E-state index contributed by atoms with van der Waals surface area (Å²) in [5, 5.41) is -3.68. The third-order valence-electron chi connectivity index (χ3n) is 2.84. The molecule has 120 valence electrons. The van der Waals surface area contributed by atoms with Gasteiger partial charge < -0.3 is 15.2 Å². The first kappa shape index (κ1) is 17.8. The number of rotatable bonds is 8. The molecule has 8 heteroatoms. The molecule has 0 fully saturated rings. The fourth-order valence-corrected chi connectivity index (χ4v) is 2.92. The Morgan fingerprint density at radius 1 is 1.24 bits per heavy atom. The zero-order chi connectivity index (χ0) is 16.0. The van der Waals surface area contributed by atoms with Gasteiger partial charge in [0.15, 0.2) is 0 Å². The van der Waals surface area contributed by atoms with E-state index >= 15 is 0 Å². The molecule has 0 aliphatic carbocycles. The van der Waals surface area contributed by atoms with E-state index in [1.54, 1.807) is 0 Å². The zero-order valence-corrected chi connectivity index (χ0v) is 12.6. The molecule has 2 N–H and O–H groups in total. The summed E-state index contributed by atoms with van der Waals surface area (Å²) < 4.78 is 61.6. The van der Waals surface area contributed by atoms with Gasteiger partial charge in [-0.05, 0) is 24.6 Å². The van der Waals surface area contributed by atoms with Gasteiger partial charge in [-0.2, -0.15) is 8.78 Å². The summed E-state index contributed by atoms with van der Waals surface area (Å²) in [6.07, 6.45) is -0.664. The summed E-state index contributed by atoms with van der Waals surface area (Å²) >= 11 is 0. The molecule has 1 aromatic carbocycles. The quantitative estimate of drug-likeness (QED) is 0.796. The number of benzene rings is 1. The summed E-state index contributed by atoms with van der Waals surface area (Å²) in [7, 11) is -0.0897. The molecule has 0 amide bonds. The van der Waals surface area contributed by atoms with E-state index in [4.69, 9.17) is 15.2 Å². The first-order chi connectivity index (χ1) is 9.91. The van der Waals surface area contributed by atoms with Gasteiger partial charge in [-0.25, -0.2) is 4.21 Å². The molecule has 0 aromatic heterocycles. The highest BCUT2D eigenvalue weighted by Gasteiger charge is 2.39. The largest absolute Gasteiger partial charge is 0.496 e. The van der Waals surface area contributed by atoms with Gasteiger partial charge in [-0.1, -0.05) is 0 Å². The van der Waals surface area contributed by atoms with Crippen LogP contribution in [0.3, 0.4) is 0 Å². The fourth-order valence-electron chi connectivity index (χ4n) is 1.79. The molecule has 1 unspecified atom stereocenters. The average Bonchev–Trinajstić information content (AvgIpc) is 2.46. The second-order valence-corrected chi connectivity index (χ2v) is 5.77. The lowest BCUT2D eigenvalue weighted by Crippen LogP contribution is -2.24. The van der Waals surface area contributed by atoms with Crippen LogP contribution in [0.4, 0.5) is 13.2 Å². The van der Waals surface area contributed by atoms with Gasteiger partial charge in [-0.3, -0.25) is 4.39 Å². The fraction of sp³-hybridized carbons (Fsp3) is 0.538. The van der Waals surface area contributed by atoms with Crippen LogP contribution in [0.25, 0.3) is 0 Å². The van der Waals surface area contributed by atoms with Gasteiger partial charge in [-0.15, -0.1) is 0 Å². The van der Waals surface area contributed by atoms with Gasteiger partial charge in [0, 0.05) is 6.07 Å². The molecule has 0 spiro atoms. The standard InChI is InChI=1S/C13H18F3NO3S/c1-19-10-8-12(21(18)13(15,16)4-5-14)11(20-2)7-9(10)3-6-17/h7-8H,3-6,17H2,1-2H3. The molecule has 0 aliphatic heterocycles. The van der Waals surface area contributed by atoms with E-state index in [1.165, 1.54) is 26.4 Å². The van der Waals surface area contributed by atoms with Gasteiger partial charge >= 0.3 is 5.25 Å². The zero-order valence-electron chi connectivity index (χ0n) is 11.8. The Kier molecular flexibility index (Phi) is 6.47. The maximum absolute atomic E-state index is 13.6. The van der Waals surface area contributed by atoms with Crippen molar-refractivity contribution in [1.29, 1.82) is 0 Å². The maximum Gasteiger partial charge on any atom is 0.327 e. The van der Waals surface area contributed by atoms with Crippen molar-refractivity contribution in [2.75, 3.05) is 27.4 Å². The minimum atomic E-state index is -3.68. The summed E-state index contributed by atoms with van der Waals surface area (Å²) in [5.41, 5.74) is 6.12. The van der Waals surface area contributed by atoms with Crippen LogP contribution < -0.4 is 15.2 Å². The van der Waals surface area contributed by atoms with E-state index in [9.17, 15) is 17.4 Å². The first-order valence-electron chi connectivity index (χ1n) is 6.21. The lowest BCUT2D eigenvalue weighted by atomic mass is 10.1. The van der Waals surface area contributed by atoms with Crippen LogP contribution in [0.1, 0.15) is 12.0 Å². The molecule has 0 heterocycles. The average molecular weight is 325 g/mol. The van der Waals surface area contributed by atoms with Crippen LogP contribution in [-0.4, -0.2) is 36.9 Å². The van der Waals surface area contributed by atoms with Gasteiger partial charge in [0.2, 0.25) is 0 Å². The Morgan fingerprint density at radius 3 is 2.33 bits per heavy atom. The van der Waals surface area contributed by atoms with Crippen LogP contribution in [0.15, 0.2) is 17.0 Å². The number of nitrogens with two attached hydrogens (primary N) is 1. The molecular formula is C13H18F3NO3S. The number of alkyl halides is 3. The van der Waals surface area contributed by atoms with Crippen molar-refractivity contribution in [3.8, 4) is 11.5 Å². The number of hydrogen-bond acceptors (Lipinski definition) is 4. The third kappa shape index (κ3) is 4.10. The highest BCUT2D eigenvalue weighted by Crippen LogP contribution is 2.37. The lowest BCUT2D eigenvalue weighted by molar-refractivity contribution is 0.0802. The number of ether oxygens (including phenoxy) is 2. The van der Waals surface area contributed by atoms with Crippen LogP contribution in [0.2, 0.25) is 0 Å². The Labute approximate surface area is 123 Å². The topological polar surface area (TPSA) is 61.5 Å². The third-order valence-corrected chi connectivity index (χ3v) is 4.30. The summed E-state index contributed by atoms with van der Waals surface area (Å²) in [6.45, 7) is -0.927. The summed E-state index contributed by atoms with van der Waals surface area (Å²) in [6, 6.07) is 2.69. The lowest BCUT2D eigenvalue weighted by Gasteiger charge is -2.18. The summed E-state index contributed by atoms with van der Waals surface area (Å²) in [4.78, 5) is -0.228. The van der Waals surface area contributed by atoms with Crippen molar-refractivity contribution >= 4 is 10.8 Å². The number of methoxy groups -OCH3 is 2. The smallest absolute Gasteiger partial charge is 0.327 e. The van der Waals surface area contributed by atoms with Gasteiger partial charge in [0.05, 0.1) is 32.2 Å². The molecule has 0 radical (unpaired) electrons. The maximum atomic E-state index is 13.6. The minimum Gasteiger partial charge on any atom is -0.496 e. The predicted molar refractivity (Wildman–Crippen MR) is 74.3 cm³/mol. The van der Waals surface area contributed by atoms with E-state index in [0.717, 1.165) is 0 Å². The van der Waals surface area contributed by atoms with E-state index < -0.39 is 29.1 Å². The molecule has 1 atom stereocenters. The van der Waals surface area contributed by atoms with Crippen LogP contribution in [0.5, 0.6) is 11.5 Å². The van der Waals surface area contributed by atoms with Crippen LogP contribution in [-0.2, 0) is 17.2 Å². The molecule has 0 saturated heterocycles. The second-order valence-electron chi connectivity index (χ2n) is 4.20. The van der Waals surface area contributed by atoms with E-state index in [2.05, 4.69) is 0 Å². The van der Waals surface area contributed by atoms with Crippen LogP contribution in [0, 0.1) is 0 Å². The molecular weight excluding hydrogens is 307 g/mol. The Balaban J connectivity index is 3.31. The van der Waals surface area contributed by atoms with Crippen molar-refractivity contribution in [3.05, 3.63) is 17.7 Å². The molecule has 0 saturated carbocycles. The first-order valence-corrected chi connectivity index (χ1v) is 7.36. The molecule has 1 aromatic rings. The Morgan fingerprint density at radius 2 is 1.86 bits per heavy atom. The van der Waals surface area contributed by atoms with Crippen molar-refractivity contribution in [2.24, 2.45) is 5.73 Å². The monoisotopic (exact) mass is 325 g/mol. The van der Waals surface area contributed by atoms with Crippen molar-refractivity contribution < 1.29 is 26.9 Å². The van der Waals surface area contributed by atoms with Gasteiger partial charge in [0.25, 0.3) is 0 Å². The molecule has 0 bridgehead atoms. The predicted octanol–water partition coefficient (Wildman–Crippen LogP) is 2.27. The molecule has 21 heavy (non-hydrogen) atoms. The number of halogens is 3. The molecule has 4 nitrogen and oxygen atoms in total. The molecule has 1 rings (SSSR count). The highest BCUT2D eigenvalue weighted by atomic mass is 32.2. The van der Waals surface area contributed by atoms with Crippen molar-refractivity contribution in [2.45, 2.75) is 23.0 Å². The van der Waals surface area contributed by atoms with Crippen LogP contribution >= 0.6 is 0 Å². The summed E-state index contributed by atoms with van der Waals surface area (Å²) in [5.74, 6) is 0.330. The van der Waals surface area contributed by atoms with E-state index in [-0.39, 0.29) is 10.6 Å². The molecule has 0 aliphatic rings. The van der Waals surface area contributed by atoms with E-state index in [1.807, 2.05) is 0 Å². The Hall–Kier alpha value is -1.28.